The third kappa shape index (κ3) is 3.33. The molecule has 2 rings (SSSR count). The molecule has 0 N–H and O–H groups in total. The van der Waals surface area contributed by atoms with Gasteiger partial charge < -0.3 is 9.64 Å². The van der Waals surface area contributed by atoms with Crippen molar-refractivity contribution in [2.75, 3.05) is 20.2 Å². The van der Waals surface area contributed by atoms with E-state index in [1.54, 1.807) is 23.1 Å². The van der Waals surface area contributed by atoms with Crippen molar-refractivity contribution in [2.24, 2.45) is 5.92 Å². The van der Waals surface area contributed by atoms with E-state index >= 15 is 0 Å². The minimum Gasteiger partial charge on any atom is -0.469 e. The maximum Gasteiger partial charge on any atom is 0.310 e. The second-order valence-electron chi connectivity index (χ2n) is 4.74. The van der Waals surface area contributed by atoms with Gasteiger partial charge in [-0.05, 0) is 47.0 Å². The minimum atomic E-state index is -0.253. The molecule has 0 saturated carbocycles. The molecule has 1 atom stereocenters. The summed E-state index contributed by atoms with van der Waals surface area (Å²) >= 11 is 9.30. The van der Waals surface area contributed by atoms with Crippen molar-refractivity contribution in [1.82, 2.24) is 4.90 Å². The van der Waals surface area contributed by atoms with Crippen molar-refractivity contribution in [2.45, 2.75) is 12.8 Å². The van der Waals surface area contributed by atoms with E-state index in [1.807, 2.05) is 0 Å². The van der Waals surface area contributed by atoms with E-state index in [0.717, 1.165) is 17.3 Å². The Labute approximate surface area is 131 Å². The topological polar surface area (TPSA) is 46.6 Å². The number of rotatable bonds is 2. The van der Waals surface area contributed by atoms with Crippen LogP contribution in [0.2, 0.25) is 5.02 Å². The smallest absolute Gasteiger partial charge is 0.310 e. The summed E-state index contributed by atoms with van der Waals surface area (Å²) in [4.78, 5) is 25.7. The van der Waals surface area contributed by atoms with Gasteiger partial charge in [0.25, 0.3) is 5.91 Å². The molecule has 1 amide bonds. The molecule has 0 aromatic heterocycles. The molecule has 1 fully saturated rings. The second-order valence-corrected chi connectivity index (χ2v) is 6.00. The van der Waals surface area contributed by atoms with Gasteiger partial charge in [0.2, 0.25) is 0 Å². The third-order valence-corrected chi connectivity index (χ3v) is 4.64. The number of piperidine rings is 1. The standard InChI is InChI=1S/C14H15BrClNO3/c1-20-14(19)10-3-2-6-17(8-10)13(18)9-4-5-11(15)12(16)7-9/h4-5,7,10H,2-3,6,8H2,1H3/t10-/m0/s1. The Kier molecular flexibility index (Phi) is 5.05. The number of hydrogen-bond donors (Lipinski definition) is 0. The Morgan fingerprint density at radius 3 is 2.85 bits per heavy atom. The van der Waals surface area contributed by atoms with E-state index in [1.165, 1.54) is 7.11 Å². The van der Waals surface area contributed by atoms with Crippen LogP contribution in [0.4, 0.5) is 0 Å². The minimum absolute atomic E-state index is 0.104. The number of likely N-dealkylation sites (tertiary alicyclic amines) is 1. The Balaban J connectivity index is 2.12. The third-order valence-electron chi connectivity index (χ3n) is 3.41. The van der Waals surface area contributed by atoms with Crippen LogP contribution in [0, 0.1) is 5.92 Å². The van der Waals surface area contributed by atoms with Crippen molar-refractivity contribution in [3.8, 4) is 0 Å². The van der Waals surface area contributed by atoms with Gasteiger partial charge in [-0.3, -0.25) is 9.59 Å². The summed E-state index contributed by atoms with van der Waals surface area (Å²) in [7, 11) is 1.37. The lowest BCUT2D eigenvalue weighted by atomic mass is 9.97. The first-order valence-electron chi connectivity index (χ1n) is 6.35. The monoisotopic (exact) mass is 359 g/mol. The van der Waals surface area contributed by atoms with E-state index in [4.69, 9.17) is 16.3 Å². The fourth-order valence-electron chi connectivity index (χ4n) is 2.33. The number of carbonyl (C=O) groups is 2. The van der Waals surface area contributed by atoms with Crippen LogP contribution < -0.4 is 0 Å². The molecule has 20 heavy (non-hydrogen) atoms. The number of esters is 1. The van der Waals surface area contributed by atoms with Crippen LogP contribution in [-0.2, 0) is 9.53 Å². The zero-order chi connectivity index (χ0) is 14.7. The van der Waals surface area contributed by atoms with E-state index in [-0.39, 0.29) is 17.8 Å². The molecule has 6 heteroatoms. The van der Waals surface area contributed by atoms with Gasteiger partial charge in [-0.1, -0.05) is 11.6 Å². The molecule has 1 aliphatic heterocycles. The highest BCUT2D eigenvalue weighted by molar-refractivity contribution is 9.10. The van der Waals surface area contributed by atoms with Crippen LogP contribution >= 0.6 is 27.5 Å². The molecule has 0 aliphatic carbocycles. The van der Waals surface area contributed by atoms with Gasteiger partial charge >= 0.3 is 5.97 Å². The van der Waals surface area contributed by atoms with Crippen molar-refractivity contribution in [3.63, 3.8) is 0 Å². The predicted octanol–water partition coefficient (Wildman–Crippen LogP) is 3.13. The van der Waals surface area contributed by atoms with Gasteiger partial charge in [0.05, 0.1) is 18.1 Å². The van der Waals surface area contributed by atoms with Crippen molar-refractivity contribution in [1.29, 1.82) is 0 Å². The largest absolute Gasteiger partial charge is 0.469 e. The molecule has 1 heterocycles. The van der Waals surface area contributed by atoms with E-state index < -0.39 is 0 Å². The van der Waals surface area contributed by atoms with E-state index in [9.17, 15) is 9.59 Å². The van der Waals surface area contributed by atoms with Gasteiger partial charge in [-0.25, -0.2) is 0 Å². The maximum atomic E-state index is 12.4. The average molecular weight is 361 g/mol. The molecule has 0 unspecified atom stereocenters. The first kappa shape index (κ1) is 15.3. The molecule has 0 spiro atoms. The summed E-state index contributed by atoms with van der Waals surface area (Å²) in [6, 6.07) is 5.10. The zero-order valence-electron chi connectivity index (χ0n) is 11.1. The fraction of sp³-hybridized carbons (Fsp3) is 0.429. The van der Waals surface area contributed by atoms with Gasteiger partial charge in [0.15, 0.2) is 0 Å². The van der Waals surface area contributed by atoms with Crippen LogP contribution in [0.25, 0.3) is 0 Å². The van der Waals surface area contributed by atoms with E-state index in [0.29, 0.717) is 23.7 Å². The highest BCUT2D eigenvalue weighted by Crippen LogP contribution is 2.25. The van der Waals surface area contributed by atoms with Crippen molar-refractivity contribution >= 4 is 39.4 Å². The quantitative estimate of drug-likeness (QED) is 0.761. The summed E-state index contributed by atoms with van der Waals surface area (Å²) in [5.74, 6) is -0.590. The summed E-state index contributed by atoms with van der Waals surface area (Å²) in [6.45, 7) is 1.05. The number of benzene rings is 1. The first-order chi connectivity index (χ1) is 9.52. The van der Waals surface area contributed by atoms with Crippen LogP contribution in [0.1, 0.15) is 23.2 Å². The SMILES string of the molecule is COC(=O)[C@H]1CCCN(C(=O)c2ccc(Br)c(Cl)c2)C1. The lowest BCUT2D eigenvalue weighted by Crippen LogP contribution is -2.42. The molecule has 1 aromatic carbocycles. The Hall–Kier alpha value is -1.07. The number of carbonyl (C=O) groups excluding carboxylic acids is 2. The van der Waals surface area contributed by atoms with Crippen molar-refractivity contribution < 1.29 is 14.3 Å². The number of methoxy groups -OCH3 is 1. The molecular formula is C14H15BrClNO3. The predicted molar refractivity (Wildman–Crippen MR) is 79.8 cm³/mol. The summed E-state index contributed by atoms with van der Waals surface area (Å²) in [6.07, 6.45) is 1.56. The van der Waals surface area contributed by atoms with Gasteiger partial charge in [-0.2, -0.15) is 0 Å². The van der Waals surface area contributed by atoms with Crippen LogP contribution in [0.5, 0.6) is 0 Å². The molecule has 1 saturated heterocycles. The summed E-state index contributed by atoms with van der Waals surface area (Å²) in [5, 5.41) is 0.498. The fourth-order valence-corrected chi connectivity index (χ4v) is 2.76. The van der Waals surface area contributed by atoms with E-state index in [2.05, 4.69) is 15.9 Å². The Bertz CT molecular complexity index is 535. The molecule has 1 aliphatic rings. The normalized spacial score (nSPS) is 18.8. The lowest BCUT2D eigenvalue weighted by molar-refractivity contribution is -0.146. The van der Waals surface area contributed by atoms with Crippen LogP contribution in [0.3, 0.4) is 0 Å². The Morgan fingerprint density at radius 1 is 1.45 bits per heavy atom. The highest BCUT2D eigenvalue weighted by Gasteiger charge is 2.29. The molecule has 1 aromatic rings. The number of amides is 1. The molecule has 0 bridgehead atoms. The van der Waals surface area contributed by atoms with Gasteiger partial charge in [0, 0.05) is 23.1 Å². The number of halogens is 2. The molecule has 108 valence electrons. The van der Waals surface area contributed by atoms with Gasteiger partial charge in [-0.15, -0.1) is 0 Å². The summed E-state index contributed by atoms with van der Waals surface area (Å²) in [5.41, 5.74) is 0.531. The Morgan fingerprint density at radius 2 is 2.20 bits per heavy atom. The molecular weight excluding hydrogens is 346 g/mol. The van der Waals surface area contributed by atoms with Crippen molar-refractivity contribution in [3.05, 3.63) is 33.3 Å². The zero-order valence-corrected chi connectivity index (χ0v) is 13.4. The maximum absolute atomic E-state index is 12.4. The number of nitrogens with zero attached hydrogens (tertiary/aromatic N) is 1. The summed E-state index contributed by atoms with van der Waals surface area (Å²) < 4.78 is 5.51. The molecule has 4 nitrogen and oxygen atoms in total. The number of hydrogen-bond acceptors (Lipinski definition) is 3. The average Bonchev–Trinajstić information content (AvgIpc) is 2.48. The highest BCUT2D eigenvalue weighted by atomic mass is 79.9. The van der Waals surface area contributed by atoms with Gasteiger partial charge in [0.1, 0.15) is 0 Å². The first-order valence-corrected chi connectivity index (χ1v) is 7.52. The lowest BCUT2D eigenvalue weighted by Gasteiger charge is -2.31. The molecule has 0 radical (unpaired) electrons. The second kappa shape index (κ2) is 6.59. The van der Waals surface area contributed by atoms with Crippen LogP contribution in [-0.4, -0.2) is 37.0 Å². The number of ether oxygens (including phenoxy) is 1. The van der Waals surface area contributed by atoms with Crippen LogP contribution in [0.15, 0.2) is 22.7 Å².